The molecule has 1 aromatic rings. The molecule has 18 nitrogen and oxygen atoms in total. The Kier molecular flexibility index (Phi) is 7.82. The second-order valence-corrected chi connectivity index (χ2v) is 10.5. The monoisotopic (exact) mass is 523 g/mol. The molecule has 1 aliphatic rings. The van der Waals surface area contributed by atoms with Crippen molar-refractivity contribution in [2.75, 3.05) is 13.2 Å². The van der Waals surface area contributed by atoms with Crippen molar-refractivity contribution in [3.8, 4) is 12.3 Å². The first kappa shape index (κ1) is 26.7. The van der Waals surface area contributed by atoms with Gasteiger partial charge >= 0.3 is 34.8 Å². The molecular formula is C11H16N3O15P3. The maximum Gasteiger partial charge on any atom is 0.490 e. The fourth-order valence-electron chi connectivity index (χ4n) is 2.69. The quantitative estimate of drug-likeness (QED) is 0.127. The van der Waals surface area contributed by atoms with Crippen LogP contribution in [0, 0.1) is 18.3 Å². The normalized spacial score (nSPS) is 29.7. The lowest BCUT2D eigenvalue weighted by Crippen LogP contribution is -2.46. The van der Waals surface area contributed by atoms with E-state index in [0.29, 0.717) is 10.9 Å². The third-order valence-corrected chi connectivity index (χ3v) is 7.74. The molecular weight excluding hydrogens is 507 g/mol. The Balaban J connectivity index is 2.24. The van der Waals surface area contributed by atoms with Crippen LogP contribution < -0.4 is 11.4 Å². The van der Waals surface area contributed by atoms with E-state index in [1.54, 1.807) is 4.98 Å². The zero-order valence-corrected chi connectivity index (χ0v) is 18.1. The lowest BCUT2D eigenvalue weighted by atomic mass is 9.86. The SMILES string of the molecule is C#CC1(O)C(CO)[C@@H](COP(=O)(O)OP(=O)(O)OP(=O)(O)O)O[C@H]1n1cnc(=O)[nH]c1=O. The van der Waals surface area contributed by atoms with Gasteiger partial charge in [-0.25, -0.2) is 23.3 Å². The maximum absolute atomic E-state index is 12.0. The van der Waals surface area contributed by atoms with E-state index >= 15 is 0 Å². The van der Waals surface area contributed by atoms with Gasteiger partial charge in [0.05, 0.1) is 25.2 Å². The first-order chi connectivity index (χ1) is 14.5. The van der Waals surface area contributed by atoms with E-state index in [-0.39, 0.29) is 0 Å². The van der Waals surface area contributed by atoms with Gasteiger partial charge in [-0.3, -0.25) is 14.1 Å². The first-order valence-corrected chi connectivity index (χ1v) is 12.5. The molecule has 0 spiro atoms. The first-order valence-electron chi connectivity index (χ1n) is 7.96. The van der Waals surface area contributed by atoms with Gasteiger partial charge in [0, 0.05) is 0 Å². The minimum atomic E-state index is -5.78. The summed E-state index contributed by atoms with van der Waals surface area (Å²) in [5.41, 5.74) is -4.59. The molecule has 4 unspecified atom stereocenters. The van der Waals surface area contributed by atoms with Crippen LogP contribution in [0.4, 0.5) is 0 Å². The van der Waals surface area contributed by atoms with Crippen LogP contribution in [0.5, 0.6) is 0 Å². The number of aliphatic hydroxyl groups excluding tert-OH is 1. The Morgan fingerprint density at radius 3 is 2.34 bits per heavy atom. The maximum atomic E-state index is 12.0. The summed E-state index contributed by atoms with van der Waals surface area (Å²) in [6.45, 7) is -1.99. The van der Waals surface area contributed by atoms with Crippen molar-refractivity contribution in [2.45, 2.75) is 17.9 Å². The predicted octanol–water partition coefficient (Wildman–Crippen LogP) is -2.85. The molecule has 2 heterocycles. The summed E-state index contributed by atoms with van der Waals surface area (Å²) in [5, 5.41) is 20.4. The summed E-state index contributed by atoms with van der Waals surface area (Å²) in [7, 11) is -16.9. The van der Waals surface area contributed by atoms with Crippen LogP contribution in [0.3, 0.4) is 0 Å². The van der Waals surface area contributed by atoms with Gasteiger partial charge in [-0.2, -0.15) is 13.6 Å². The number of aromatic amines is 1. The molecule has 1 fully saturated rings. The third kappa shape index (κ3) is 6.28. The molecule has 180 valence electrons. The highest BCUT2D eigenvalue weighted by atomic mass is 31.3. The topological polar surface area (TPSA) is 277 Å². The number of hydrogen-bond acceptors (Lipinski definition) is 12. The zero-order valence-electron chi connectivity index (χ0n) is 15.4. The summed E-state index contributed by atoms with van der Waals surface area (Å²) in [6.07, 6.45) is 2.63. The van der Waals surface area contributed by atoms with Crippen molar-refractivity contribution in [3.05, 3.63) is 27.3 Å². The predicted molar refractivity (Wildman–Crippen MR) is 97.2 cm³/mol. The average Bonchev–Trinajstić information content (AvgIpc) is 2.89. The number of aromatic nitrogens is 3. The van der Waals surface area contributed by atoms with Crippen molar-refractivity contribution in [3.63, 3.8) is 0 Å². The number of phosphoric acid groups is 3. The van der Waals surface area contributed by atoms with Gasteiger partial charge in [0.1, 0.15) is 6.33 Å². The van der Waals surface area contributed by atoms with Crippen LogP contribution in [0.2, 0.25) is 0 Å². The number of nitrogens with one attached hydrogen (secondary N) is 1. The van der Waals surface area contributed by atoms with Gasteiger partial charge in [-0.05, 0) is 0 Å². The molecule has 1 aromatic heterocycles. The Morgan fingerprint density at radius 2 is 1.84 bits per heavy atom. The molecule has 0 aliphatic carbocycles. The van der Waals surface area contributed by atoms with Crippen molar-refractivity contribution in [1.29, 1.82) is 0 Å². The lowest BCUT2D eigenvalue weighted by Gasteiger charge is -2.28. The van der Waals surface area contributed by atoms with E-state index < -0.39 is 71.9 Å². The Hall–Kier alpha value is -1.54. The molecule has 2 rings (SSSR count). The number of aliphatic hydroxyl groups is 2. The van der Waals surface area contributed by atoms with Gasteiger partial charge in [0.2, 0.25) is 0 Å². The smallest absolute Gasteiger partial charge is 0.396 e. The average molecular weight is 523 g/mol. The molecule has 0 amide bonds. The Bertz CT molecular complexity index is 1150. The van der Waals surface area contributed by atoms with Crippen molar-refractivity contribution >= 4 is 23.5 Å². The number of rotatable bonds is 9. The van der Waals surface area contributed by atoms with Gasteiger partial charge in [0.25, 0.3) is 0 Å². The highest BCUT2D eigenvalue weighted by molar-refractivity contribution is 7.66. The third-order valence-electron chi connectivity index (χ3n) is 3.94. The van der Waals surface area contributed by atoms with Gasteiger partial charge in [0.15, 0.2) is 11.8 Å². The molecule has 0 aromatic carbocycles. The van der Waals surface area contributed by atoms with Crippen LogP contribution in [0.1, 0.15) is 6.23 Å². The Labute approximate surface area is 176 Å². The molecule has 0 bridgehead atoms. The summed E-state index contributed by atoms with van der Waals surface area (Å²) in [4.78, 5) is 63.8. The van der Waals surface area contributed by atoms with Gasteiger partial charge in [-0.1, -0.05) is 5.92 Å². The number of nitrogens with zero attached hydrogens (tertiary/aromatic N) is 2. The molecule has 32 heavy (non-hydrogen) atoms. The van der Waals surface area contributed by atoms with E-state index in [9.17, 15) is 38.4 Å². The number of terminal acetylenes is 1. The summed E-state index contributed by atoms with van der Waals surface area (Å²) >= 11 is 0. The standard InChI is InChI=1S/C11H16N3O15P3/c1-2-11(18)6(3-15)7(27-8(11)14-5-12-9(16)13-10(14)17)4-26-31(22,23)29-32(24,25)28-30(19,20)21/h1,5-8,15,18H,3-4H2,(H,22,23)(H,24,25)(H,13,16,17)(H2,19,20,21)/t6?,7-,8-,11?/m1/s1. The summed E-state index contributed by atoms with van der Waals surface area (Å²) in [6, 6.07) is 0. The van der Waals surface area contributed by atoms with Crippen LogP contribution in [0.25, 0.3) is 0 Å². The molecule has 6 atom stereocenters. The Morgan fingerprint density at radius 1 is 1.22 bits per heavy atom. The lowest BCUT2D eigenvalue weighted by molar-refractivity contribution is -0.0751. The molecule has 21 heteroatoms. The molecule has 1 saturated heterocycles. The molecule has 0 saturated carbocycles. The van der Waals surface area contributed by atoms with E-state index in [4.69, 9.17) is 25.8 Å². The van der Waals surface area contributed by atoms with E-state index in [2.05, 4.69) is 18.1 Å². The summed E-state index contributed by atoms with van der Waals surface area (Å²) < 4.78 is 51.3. The number of phosphoric ester groups is 1. The second kappa shape index (κ2) is 9.37. The van der Waals surface area contributed by atoms with E-state index in [0.717, 1.165) is 0 Å². The molecule has 0 radical (unpaired) electrons. The van der Waals surface area contributed by atoms with Crippen LogP contribution in [-0.2, 0) is 31.6 Å². The van der Waals surface area contributed by atoms with Gasteiger partial charge in [-0.15, -0.1) is 6.42 Å². The minimum absolute atomic E-state index is 0.564. The highest BCUT2D eigenvalue weighted by Gasteiger charge is 2.56. The van der Waals surface area contributed by atoms with Crippen LogP contribution in [0.15, 0.2) is 15.9 Å². The van der Waals surface area contributed by atoms with Gasteiger partial charge < -0.3 is 34.5 Å². The van der Waals surface area contributed by atoms with Crippen LogP contribution >= 0.6 is 23.5 Å². The fraction of sp³-hybridized carbons (Fsp3) is 0.545. The number of ether oxygens (including phenoxy) is 1. The highest BCUT2D eigenvalue weighted by Crippen LogP contribution is 2.66. The number of hydrogen-bond donors (Lipinski definition) is 7. The fourth-order valence-corrected chi connectivity index (χ4v) is 5.72. The van der Waals surface area contributed by atoms with Crippen molar-refractivity contribution in [1.82, 2.24) is 14.5 Å². The van der Waals surface area contributed by atoms with E-state index in [1.807, 2.05) is 5.92 Å². The van der Waals surface area contributed by atoms with Crippen LogP contribution in [-0.4, -0.2) is 69.2 Å². The van der Waals surface area contributed by atoms with Crippen molar-refractivity contribution in [2.24, 2.45) is 5.92 Å². The largest absolute Gasteiger partial charge is 0.490 e. The van der Waals surface area contributed by atoms with Crippen molar-refractivity contribution < 1.29 is 61.4 Å². The molecule has 7 N–H and O–H groups in total. The van der Waals surface area contributed by atoms with E-state index in [1.165, 1.54) is 0 Å². The summed E-state index contributed by atoms with van der Waals surface area (Å²) in [5.74, 6) is 0.422. The second-order valence-electron chi connectivity index (χ2n) is 6.06. The molecule has 1 aliphatic heterocycles. The number of H-pyrrole nitrogens is 1. The zero-order chi connectivity index (χ0) is 24.5. The minimum Gasteiger partial charge on any atom is -0.396 e.